The number of aryl methyl sites for hydroxylation is 1. The Morgan fingerprint density at radius 1 is 1.60 bits per heavy atom. The quantitative estimate of drug-likeness (QED) is 0.776. The average Bonchev–Trinajstić information content (AvgIpc) is 2.94. The highest BCUT2D eigenvalue weighted by Gasteiger charge is 2.20. The van der Waals surface area contributed by atoms with Crippen molar-refractivity contribution in [2.45, 2.75) is 45.7 Å². The van der Waals surface area contributed by atoms with Gasteiger partial charge >= 0.3 is 0 Å². The molecule has 84 valence electrons. The van der Waals surface area contributed by atoms with Gasteiger partial charge in [0, 0.05) is 24.3 Å². The lowest BCUT2D eigenvalue weighted by atomic mass is 10.2. The first-order valence-corrected chi connectivity index (χ1v) is 6.05. The van der Waals surface area contributed by atoms with E-state index >= 15 is 0 Å². The van der Waals surface area contributed by atoms with E-state index in [1.54, 1.807) is 0 Å². The summed E-state index contributed by atoms with van der Waals surface area (Å²) in [5.41, 5.74) is 1.30. The molecule has 15 heavy (non-hydrogen) atoms. The average molecular weight is 207 g/mol. The minimum atomic E-state index is 0.434. The highest BCUT2D eigenvalue weighted by atomic mass is 15.3. The van der Waals surface area contributed by atoms with Gasteiger partial charge in [0.25, 0.3) is 0 Å². The standard InChI is InChI=1S/C12H21N3/c1-3-15-9-12(8-14-15)10(2)13-7-6-11-4-5-11/h8-11,13H,3-7H2,1-2H3. The predicted octanol–water partition coefficient (Wildman–Crippen LogP) is 2.35. The maximum Gasteiger partial charge on any atom is 0.0537 e. The molecule has 0 saturated heterocycles. The minimum Gasteiger partial charge on any atom is -0.310 e. The van der Waals surface area contributed by atoms with Crippen LogP contribution in [0.3, 0.4) is 0 Å². The van der Waals surface area contributed by atoms with Crippen LogP contribution in [0.2, 0.25) is 0 Å². The molecule has 0 radical (unpaired) electrons. The first-order valence-electron chi connectivity index (χ1n) is 6.05. The summed E-state index contributed by atoms with van der Waals surface area (Å²) in [7, 11) is 0. The Morgan fingerprint density at radius 3 is 3.00 bits per heavy atom. The number of aromatic nitrogens is 2. The summed E-state index contributed by atoms with van der Waals surface area (Å²) in [5, 5.41) is 7.84. The number of nitrogens with one attached hydrogen (secondary N) is 1. The number of nitrogens with zero attached hydrogens (tertiary/aromatic N) is 2. The molecule has 1 aliphatic rings. The van der Waals surface area contributed by atoms with E-state index in [1.165, 1.54) is 24.8 Å². The van der Waals surface area contributed by atoms with Crippen molar-refractivity contribution < 1.29 is 0 Å². The van der Waals surface area contributed by atoms with Crippen molar-refractivity contribution in [1.82, 2.24) is 15.1 Å². The summed E-state index contributed by atoms with van der Waals surface area (Å²) in [6.45, 7) is 6.42. The molecule has 1 aromatic heterocycles. The number of rotatable bonds is 6. The third-order valence-electron chi connectivity index (χ3n) is 3.18. The van der Waals surface area contributed by atoms with Gasteiger partial charge in [-0.2, -0.15) is 5.10 Å². The fourth-order valence-electron chi connectivity index (χ4n) is 1.80. The third kappa shape index (κ3) is 3.06. The lowest BCUT2D eigenvalue weighted by molar-refractivity contribution is 0.539. The molecule has 2 rings (SSSR count). The summed E-state index contributed by atoms with van der Waals surface area (Å²) in [6, 6.07) is 0.434. The van der Waals surface area contributed by atoms with E-state index in [0.717, 1.165) is 19.0 Å². The second kappa shape index (κ2) is 4.79. The zero-order chi connectivity index (χ0) is 10.7. The van der Waals surface area contributed by atoms with Crippen LogP contribution >= 0.6 is 0 Å². The van der Waals surface area contributed by atoms with Crippen LogP contribution in [-0.2, 0) is 6.54 Å². The maximum atomic E-state index is 4.29. The van der Waals surface area contributed by atoms with Crippen LogP contribution in [0.15, 0.2) is 12.4 Å². The third-order valence-corrected chi connectivity index (χ3v) is 3.18. The first-order chi connectivity index (χ1) is 7.29. The Morgan fingerprint density at radius 2 is 2.40 bits per heavy atom. The first kappa shape index (κ1) is 10.7. The van der Waals surface area contributed by atoms with E-state index in [0.29, 0.717) is 6.04 Å². The van der Waals surface area contributed by atoms with Gasteiger partial charge in [0.1, 0.15) is 0 Å². The molecule has 3 nitrogen and oxygen atoms in total. The molecule has 1 fully saturated rings. The molecule has 1 saturated carbocycles. The van der Waals surface area contributed by atoms with Crippen molar-refractivity contribution in [1.29, 1.82) is 0 Å². The van der Waals surface area contributed by atoms with Gasteiger partial charge in [0.15, 0.2) is 0 Å². The van der Waals surface area contributed by atoms with Crippen molar-refractivity contribution in [2.24, 2.45) is 5.92 Å². The zero-order valence-electron chi connectivity index (χ0n) is 9.74. The normalized spacial score (nSPS) is 18.0. The van der Waals surface area contributed by atoms with Gasteiger partial charge in [0.2, 0.25) is 0 Å². The molecular weight excluding hydrogens is 186 g/mol. The SMILES string of the molecule is CCn1cc(C(C)NCCC2CC2)cn1. The second-order valence-electron chi connectivity index (χ2n) is 4.54. The van der Waals surface area contributed by atoms with Crippen molar-refractivity contribution in [2.75, 3.05) is 6.54 Å². The molecule has 0 bridgehead atoms. The van der Waals surface area contributed by atoms with Crippen molar-refractivity contribution in [3.8, 4) is 0 Å². The van der Waals surface area contributed by atoms with Gasteiger partial charge in [-0.25, -0.2) is 0 Å². The summed E-state index contributed by atoms with van der Waals surface area (Å²) in [5.74, 6) is 1.02. The van der Waals surface area contributed by atoms with Crippen LogP contribution in [0.25, 0.3) is 0 Å². The lowest BCUT2D eigenvalue weighted by Gasteiger charge is -2.11. The minimum absolute atomic E-state index is 0.434. The van der Waals surface area contributed by atoms with Gasteiger partial charge in [-0.1, -0.05) is 12.8 Å². The smallest absolute Gasteiger partial charge is 0.0537 e. The van der Waals surface area contributed by atoms with Crippen LogP contribution in [0.5, 0.6) is 0 Å². The van der Waals surface area contributed by atoms with Gasteiger partial charge in [-0.05, 0) is 32.7 Å². The van der Waals surface area contributed by atoms with Crippen LogP contribution in [0, 0.1) is 5.92 Å². The molecule has 0 aliphatic heterocycles. The van der Waals surface area contributed by atoms with Crippen LogP contribution in [-0.4, -0.2) is 16.3 Å². The largest absolute Gasteiger partial charge is 0.310 e. The topological polar surface area (TPSA) is 29.9 Å². The van der Waals surface area contributed by atoms with Crippen molar-refractivity contribution >= 4 is 0 Å². The van der Waals surface area contributed by atoms with Crippen LogP contribution < -0.4 is 5.32 Å². The molecule has 0 amide bonds. The van der Waals surface area contributed by atoms with E-state index < -0.39 is 0 Å². The number of hydrogen-bond donors (Lipinski definition) is 1. The monoisotopic (exact) mass is 207 g/mol. The van der Waals surface area contributed by atoms with E-state index in [-0.39, 0.29) is 0 Å². The second-order valence-corrected chi connectivity index (χ2v) is 4.54. The Hall–Kier alpha value is -0.830. The highest BCUT2D eigenvalue weighted by Crippen LogP contribution is 2.31. The van der Waals surface area contributed by atoms with Gasteiger partial charge in [0.05, 0.1) is 6.20 Å². The molecule has 1 atom stereocenters. The summed E-state index contributed by atoms with van der Waals surface area (Å²) in [4.78, 5) is 0. The summed E-state index contributed by atoms with van der Waals surface area (Å²) < 4.78 is 1.98. The zero-order valence-corrected chi connectivity index (χ0v) is 9.74. The van der Waals surface area contributed by atoms with E-state index in [2.05, 4.69) is 30.5 Å². The van der Waals surface area contributed by atoms with E-state index in [9.17, 15) is 0 Å². The molecule has 1 aliphatic carbocycles. The molecule has 0 spiro atoms. The predicted molar refractivity (Wildman–Crippen MR) is 61.7 cm³/mol. The van der Waals surface area contributed by atoms with Crippen molar-refractivity contribution in [3.05, 3.63) is 18.0 Å². The maximum absolute atomic E-state index is 4.29. The molecule has 3 heteroatoms. The molecule has 1 aromatic rings. The fraction of sp³-hybridized carbons (Fsp3) is 0.750. The van der Waals surface area contributed by atoms with Crippen molar-refractivity contribution in [3.63, 3.8) is 0 Å². The summed E-state index contributed by atoms with van der Waals surface area (Å²) in [6.07, 6.45) is 8.34. The molecule has 1 heterocycles. The highest BCUT2D eigenvalue weighted by molar-refractivity contribution is 5.09. The number of hydrogen-bond acceptors (Lipinski definition) is 2. The van der Waals surface area contributed by atoms with Crippen LogP contribution in [0.1, 0.15) is 44.7 Å². The Labute approximate surface area is 91.9 Å². The Balaban J connectivity index is 1.75. The Kier molecular flexibility index (Phi) is 3.41. The molecular formula is C12H21N3. The van der Waals surface area contributed by atoms with E-state index in [4.69, 9.17) is 0 Å². The molecule has 1 unspecified atom stereocenters. The molecule has 0 aromatic carbocycles. The lowest BCUT2D eigenvalue weighted by Crippen LogP contribution is -2.19. The van der Waals surface area contributed by atoms with Gasteiger partial charge < -0.3 is 5.32 Å². The molecule has 1 N–H and O–H groups in total. The van der Waals surface area contributed by atoms with Gasteiger partial charge in [-0.3, -0.25) is 4.68 Å². The van der Waals surface area contributed by atoms with Gasteiger partial charge in [-0.15, -0.1) is 0 Å². The summed E-state index contributed by atoms with van der Waals surface area (Å²) >= 11 is 0. The van der Waals surface area contributed by atoms with E-state index in [1.807, 2.05) is 10.9 Å². The fourth-order valence-corrected chi connectivity index (χ4v) is 1.80. The van der Waals surface area contributed by atoms with Crippen LogP contribution in [0.4, 0.5) is 0 Å². The Bertz CT molecular complexity index is 302.